The van der Waals surface area contributed by atoms with Crippen LogP contribution in [0.15, 0.2) is 0 Å². The van der Waals surface area contributed by atoms with Gasteiger partial charge in [0.25, 0.3) is 0 Å². The Kier molecular flexibility index (Phi) is 6.65. The highest BCUT2D eigenvalue weighted by atomic mass is 15.4. The molecule has 0 aliphatic carbocycles. The number of likely N-dealkylation sites (tertiary alicyclic amines) is 2. The number of hydrogen-bond acceptors (Lipinski definition) is 0. The first-order valence-corrected chi connectivity index (χ1v) is 10.4. The van der Waals surface area contributed by atoms with Gasteiger partial charge in [0.05, 0.1) is 52.4 Å². The molecule has 144 valence electrons. The van der Waals surface area contributed by atoms with Crippen LogP contribution in [0.1, 0.15) is 62.3 Å². The van der Waals surface area contributed by atoms with Crippen molar-refractivity contribution >= 4 is 0 Å². The van der Waals surface area contributed by atoms with E-state index in [-0.39, 0.29) is 0 Å². The van der Waals surface area contributed by atoms with E-state index in [4.69, 9.17) is 0 Å². The van der Waals surface area contributed by atoms with Crippen LogP contribution in [0, 0.1) is 29.6 Å². The number of quaternary nitrogens is 2. The minimum absolute atomic E-state index is 0.793. The van der Waals surface area contributed by atoms with Gasteiger partial charge < -0.3 is 8.97 Å². The van der Waals surface area contributed by atoms with E-state index in [0.29, 0.717) is 0 Å². The van der Waals surface area contributed by atoms with Crippen molar-refractivity contribution in [3.8, 4) is 0 Å². The maximum atomic E-state index is 2.42. The van der Waals surface area contributed by atoms with Crippen molar-refractivity contribution < 1.29 is 8.97 Å². The fourth-order valence-corrected chi connectivity index (χ4v) is 5.40. The molecular formula is C22H48N2+2. The van der Waals surface area contributed by atoms with Crippen LogP contribution >= 0.6 is 0 Å². The molecule has 0 aromatic rings. The lowest BCUT2D eigenvalue weighted by Gasteiger charge is -2.53. The van der Waals surface area contributed by atoms with Gasteiger partial charge in [0.2, 0.25) is 0 Å². The van der Waals surface area contributed by atoms with Gasteiger partial charge in [-0.15, -0.1) is 0 Å². The molecule has 2 nitrogen and oxygen atoms in total. The zero-order chi connectivity index (χ0) is 19.2. The lowest BCUT2D eigenvalue weighted by atomic mass is 9.72. The largest absolute Gasteiger partial charge is 0.324 e. The Morgan fingerprint density at radius 2 is 0.500 bits per heavy atom. The molecule has 8 atom stereocenters. The van der Waals surface area contributed by atoms with Crippen LogP contribution in [0.4, 0.5) is 0 Å². The molecule has 0 bridgehead atoms. The van der Waals surface area contributed by atoms with Gasteiger partial charge in [0.15, 0.2) is 0 Å². The molecule has 2 heterocycles. The summed E-state index contributed by atoms with van der Waals surface area (Å²) in [5.41, 5.74) is 0. The Morgan fingerprint density at radius 3 is 0.667 bits per heavy atom. The van der Waals surface area contributed by atoms with Gasteiger partial charge in [-0.2, -0.15) is 0 Å². The molecule has 8 unspecified atom stereocenters. The average molecular weight is 341 g/mol. The fourth-order valence-electron chi connectivity index (χ4n) is 5.40. The second-order valence-corrected chi connectivity index (χ2v) is 10.5. The molecule has 24 heavy (non-hydrogen) atoms. The van der Waals surface area contributed by atoms with Crippen molar-refractivity contribution in [2.24, 2.45) is 29.6 Å². The number of nitrogens with zero attached hydrogens (tertiary/aromatic N) is 2. The summed E-state index contributed by atoms with van der Waals surface area (Å²) in [4.78, 5) is 0. The summed E-state index contributed by atoms with van der Waals surface area (Å²) in [6.45, 7) is 21.6. The fraction of sp³-hybridized carbons (Fsp3) is 1.00. The molecule has 2 rings (SSSR count). The molecule has 2 aliphatic rings. The summed E-state index contributed by atoms with van der Waals surface area (Å²) >= 11 is 0. The quantitative estimate of drug-likeness (QED) is 0.551. The molecule has 2 fully saturated rings. The molecule has 0 amide bonds. The monoisotopic (exact) mass is 340 g/mol. The Labute approximate surface area is 153 Å². The molecule has 0 N–H and O–H groups in total. The summed E-state index contributed by atoms with van der Waals surface area (Å²) in [7, 11) is 9.48. The molecule has 0 saturated carbocycles. The first-order chi connectivity index (χ1) is 10.7. The second kappa shape index (κ2) is 7.27. The first kappa shape index (κ1) is 22.0. The van der Waals surface area contributed by atoms with Crippen LogP contribution in [0.5, 0.6) is 0 Å². The van der Waals surface area contributed by atoms with Crippen molar-refractivity contribution in [3.63, 3.8) is 0 Å². The number of rotatable bonds is 0. The van der Waals surface area contributed by atoms with E-state index in [1.165, 1.54) is 8.97 Å². The van der Waals surface area contributed by atoms with E-state index >= 15 is 0 Å². The highest BCUT2D eigenvalue weighted by Crippen LogP contribution is 2.39. The smallest absolute Gasteiger partial charge is 0.0890 e. The number of hydrogen-bond donors (Lipinski definition) is 0. The highest BCUT2D eigenvalue weighted by Gasteiger charge is 2.48. The lowest BCUT2D eigenvalue weighted by Crippen LogP contribution is -2.63. The minimum Gasteiger partial charge on any atom is -0.324 e. The van der Waals surface area contributed by atoms with Crippen LogP contribution in [0.25, 0.3) is 0 Å². The van der Waals surface area contributed by atoms with Gasteiger partial charge in [0, 0.05) is 23.7 Å². The van der Waals surface area contributed by atoms with Crippen LogP contribution in [-0.2, 0) is 0 Å². The maximum Gasteiger partial charge on any atom is 0.0890 e. The zero-order valence-electron chi connectivity index (χ0n) is 19.1. The molecule has 0 aromatic carbocycles. The van der Waals surface area contributed by atoms with Crippen molar-refractivity contribution in [1.82, 2.24) is 0 Å². The molecule has 2 aliphatic heterocycles. The predicted molar refractivity (Wildman–Crippen MR) is 108 cm³/mol. The summed E-state index contributed by atoms with van der Waals surface area (Å²) < 4.78 is 2.38. The molecule has 0 radical (unpaired) electrons. The van der Waals surface area contributed by atoms with Crippen molar-refractivity contribution in [1.29, 1.82) is 0 Å². The third-order valence-corrected chi connectivity index (χ3v) is 9.73. The van der Waals surface area contributed by atoms with Gasteiger partial charge >= 0.3 is 0 Å². The minimum atomic E-state index is 0.793. The van der Waals surface area contributed by atoms with Gasteiger partial charge in [-0.1, -0.05) is 34.6 Å². The maximum absolute atomic E-state index is 2.42. The van der Waals surface area contributed by atoms with E-state index in [0.717, 1.165) is 53.8 Å². The van der Waals surface area contributed by atoms with E-state index < -0.39 is 0 Å². The normalized spacial score (nSPS) is 50.1. The van der Waals surface area contributed by atoms with E-state index in [1.807, 2.05) is 0 Å². The Balaban J connectivity index is 0.000000243. The van der Waals surface area contributed by atoms with E-state index in [2.05, 4.69) is 90.5 Å². The molecule has 2 saturated heterocycles. The molecule has 2 heteroatoms. The van der Waals surface area contributed by atoms with Gasteiger partial charge in [-0.05, 0) is 33.6 Å². The summed E-state index contributed by atoms with van der Waals surface area (Å²) in [5, 5.41) is 0. The standard InChI is InChI=1S/C12H26N.C10H22N/c1-8-9(2)11(4)13(6,7)12(5)10(8)3;1-7-8(2)10(4)11(5,6)9(7)3/h8-12H,1-7H3;7-10H,1-6H3/q2*+1. The van der Waals surface area contributed by atoms with Gasteiger partial charge in [0.1, 0.15) is 0 Å². The topological polar surface area (TPSA) is 0 Å². The summed E-state index contributed by atoms with van der Waals surface area (Å²) in [5.74, 6) is 4.32. The molecular weight excluding hydrogens is 292 g/mol. The first-order valence-electron chi connectivity index (χ1n) is 10.4. The van der Waals surface area contributed by atoms with E-state index in [1.54, 1.807) is 0 Å². The van der Waals surface area contributed by atoms with Gasteiger partial charge in [-0.25, -0.2) is 0 Å². The third-order valence-electron chi connectivity index (χ3n) is 9.73. The Bertz CT molecular complexity index is 380. The summed E-state index contributed by atoms with van der Waals surface area (Å²) in [6, 6.07) is 3.22. The van der Waals surface area contributed by atoms with Crippen LogP contribution in [0.2, 0.25) is 0 Å². The lowest BCUT2D eigenvalue weighted by molar-refractivity contribution is -0.949. The Morgan fingerprint density at radius 1 is 0.333 bits per heavy atom. The molecule has 0 aromatic heterocycles. The number of piperidine rings is 1. The summed E-state index contributed by atoms with van der Waals surface area (Å²) in [6.07, 6.45) is 0. The third kappa shape index (κ3) is 3.56. The molecule has 0 spiro atoms. The highest BCUT2D eigenvalue weighted by molar-refractivity contribution is 4.82. The van der Waals surface area contributed by atoms with Crippen LogP contribution < -0.4 is 0 Å². The Hall–Kier alpha value is -0.0800. The van der Waals surface area contributed by atoms with Crippen molar-refractivity contribution in [2.45, 2.75) is 86.5 Å². The van der Waals surface area contributed by atoms with E-state index in [9.17, 15) is 0 Å². The predicted octanol–water partition coefficient (Wildman–Crippen LogP) is 4.89. The van der Waals surface area contributed by atoms with Crippen molar-refractivity contribution in [2.75, 3.05) is 28.2 Å². The zero-order valence-corrected chi connectivity index (χ0v) is 19.1. The van der Waals surface area contributed by atoms with Gasteiger partial charge in [-0.3, -0.25) is 0 Å². The van der Waals surface area contributed by atoms with Crippen molar-refractivity contribution in [3.05, 3.63) is 0 Å². The second-order valence-electron chi connectivity index (χ2n) is 10.5. The SMILES string of the molecule is CC1C(C)C(C)[N+](C)(C)C(C)C1C.CC1C(C)C(C)[N+](C)(C)C1C. The van der Waals surface area contributed by atoms with Crippen LogP contribution in [-0.4, -0.2) is 61.3 Å². The van der Waals surface area contributed by atoms with Crippen LogP contribution in [0.3, 0.4) is 0 Å². The average Bonchev–Trinajstić information content (AvgIpc) is 2.66.